The molecule has 8 rings (SSSR count). The van der Waals surface area contributed by atoms with E-state index < -0.39 is 46.6 Å². The van der Waals surface area contributed by atoms with Crippen molar-refractivity contribution >= 4 is 47.1 Å². The van der Waals surface area contributed by atoms with Crippen LogP contribution in [0.1, 0.15) is 58.9 Å². The average Bonchev–Trinajstić information content (AvgIpc) is 3.45. The number of aliphatic hydroxyl groups is 2. The van der Waals surface area contributed by atoms with E-state index in [1.54, 1.807) is 31.6 Å². The SMILES string of the molecule is CC(NC(CC1C2(CO2)C(NC(C)C(=O)N2CCOCC2)CC2[C@]1(C)CC[C@@H](O)[C@@]2(C)CO)C1=C/C(=C\c2ccc3c(c2)ncn3C)OC1=O)C(=O)NC1=NCC=N1. The molecule has 312 valence electrons. The fourth-order valence-electron chi connectivity index (χ4n) is 10.6. The Morgan fingerprint density at radius 3 is 2.64 bits per heavy atom. The number of epoxide rings is 1. The summed E-state index contributed by atoms with van der Waals surface area (Å²) in [5.41, 5.74) is 0.935. The molecule has 2 aliphatic carbocycles. The molecule has 5 N–H and O–H groups in total. The van der Waals surface area contributed by atoms with Gasteiger partial charge < -0.3 is 39.2 Å². The van der Waals surface area contributed by atoms with Crippen molar-refractivity contribution in [2.75, 3.05) is 46.1 Å². The Hall–Kier alpha value is -4.32. The van der Waals surface area contributed by atoms with Gasteiger partial charge in [0.15, 0.2) is 0 Å². The number of aromatic nitrogens is 2. The Morgan fingerprint density at radius 1 is 1.16 bits per heavy atom. The molecule has 1 spiro atoms. The third kappa shape index (κ3) is 7.32. The van der Waals surface area contributed by atoms with Crippen LogP contribution in [0.15, 0.2) is 51.9 Å². The van der Waals surface area contributed by atoms with Gasteiger partial charge in [0.05, 0.1) is 74.1 Å². The van der Waals surface area contributed by atoms with Gasteiger partial charge in [-0.15, -0.1) is 0 Å². The molecule has 7 unspecified atom stereocenters. The highest BCUT2D eigenvalue weighted by atomic mass is 16.6. The number of fused-ring (bicyclic) bond motifs is 2. The number of carbonyl (C=O) groups excluding carboxylic acids is 3. The van der Waals surface area contributed by atoms with Crippen molar-refractivity contribution < 1.29 is 38.8 Å². The van der Waals surface area contributed by atoms with Crippen molar-refractivity contribution in [2.24, 2.45) is 39.7 Å². The molecule has 10 atom stereocenters. The van der Waals surface area contributed by atoms with Crippen molar-refractivity contribution in [1.82, 2.24) is 30.4 Å². The van der Waals surface area contributed by atoms with Gasteiger partial charge in [0.25, 0.3) is 0 Å². The smallest absolute Gasteiger partial charge is 0.341 e. The normalized spacial score (nSPS) is 34.1. The molecule has 4 aliphatic heterocycles. The van der Waals surface area contributed by atoms with Gasteiger partial charge in [-0.2, -0.15) is 0 Å². The number of ether oxygens (including phenoxy) is 3. The average molecular weight is 801 g/mol. The molecule has 4 fully saturated rings. The second-order valence-corrected chi connectivity index (χ2v) is 17.5. The van der Waals surface area contributed by atoms with Crippen LogP contribution in [0.3, 0.4) is 0 Å². The van der Waals surface area contributed by atoms with E-state index in [1.807, 2.05) is 48.6 Å². The van der Waals surface area contributed by atoms with Gasteiger partial charge >= 0.3 is 5.97 Å². The largest absolute Gasteiger partial charge is 0.423 e. The first-order valence-corrected chi connectivity index (χ1v) is 20.5. The first kappa shape index (κ1) is 40.5. The molecular weight excluding hydrogens is 745 g/mol. The summed E-state index contributed by atoms with van der Waals surface area (Å²) in [4.78, 5) is 56.0. The highest BCUT2D eigenvalue weighted by Crippen LogP contribution is 2.66. The minimum absolute atomic E-state index is 0.0199. The molecule has 0 bridgehead atoms. The van der Waals surface area contributed by atoms with Crippen molar-refractivity contribution in [2.45, 2.75) is 89.3 Å². The molecular formula is C42H56N8O8. The number of carbonyl (C=O) groups is 3. The second-order valence-electron chi connectivity index (χ2n) is 17.5. The van der Waals surface area contributed by atoms with Crippen LogP contribution in [0, 0.1) is 22.7 Å². The topological polar surface area (TPSA) is 205 Å². The van der Waals surface area contributed by atoms with Crippen molar-refractivity contribution in [3.05, 3.63) is 47.5 Å². The molecule has 2 saturated carbocycles. The minimum Gasteiger partial charge on any atom is -0.423 e. The summed E-state index contributed by atoms with van der Waals surface area (Å²) in [7, 11) is 1.93. The number of hydrogen-bond acceptors (Lipinski definition) is 13. The third-order valence-electron chi connectivity index (χ3n) is 14.0. The molecule has 2 aromatic rings. The number of aryl methyl sites for hydroxylation is 1. The minimum atomic E-state index is -0.839. The number of hydrogen-bond donors (Lipinski definition) is 5. The number of esters is 1. The molecule has 16 nitrogen and oxygen atoms in total. The molecule has 1 aromatic heterocycles. The number of imidazole rings is 1. The third-order valence-corrected chi connectivity index (χ3v) is 14.0. The zero-order valence-corrected chi connectivity index (χ0v) is 33.9. The molecule has 58 heavy (non-hydrogen) atoms. The van der Waals surface area contributed by atoms with Gasteiger partial charge in [0, 0.05) is 43.9 Å². The Morgan fingerprint density at radius 2 is 1.93 bits per heavy atom. The van der Waals surface area contributed by atoms with Gasteiger partial charge in [0.2, 0.25) is 17.8 Å². The van der Waals surface area contributed by atoms with Crippen LogP contribution in [0.25, 0.3) is 17.1 Å². The Balaban J connectivity index is 1.15. The summed E-state index contributed by atoms with van der Waals surface area (Å²) in [5.74, 6) is -0.736. The number of amides is 2. The number of benzene rings is 1. The summed E-state index contributed by atoms with van der Waals surface area (Å²) in [5, 5.41) is 32.4. The maximum Gasteiger partial charge on any atom is 0.341 e. The summed E-state index contributed by atoms with van der Waals surface area (Å²) >= 11 is 0. The number of allylic oxidation sites excluding steroid dienone is 1. The van der Waals surface area contributed by atoms with Crippen molar-refractivity contribution in [1.29, 1.82) is 0 Å². The number of aliphatic imine (C=N–C) groups is 2. The Labute approximate surface area is 338 Å². The molecule has 0 radical (unpaired) electrons. The number of nitrogens with one attached hydrogen (secondary N) is 3. The summed E-state index contributed by atoms with van der Waals surface area (Å²) in [6.45, 7) is 10.4. The standard InChI is InChI=1S/C42H56N8O8/c1-24(36(53)48-39-43-10-11-44-39)46-29(28-18-27(58-38(28)55)16-26-6-7-31-30(17-26)45-23-49(31)5)19-33-40(3)9-8-35(52)41(4,21-51)32(40)20-34(42(33)22-57-42)47-25(2)37(54)50-12-14-56-15-13-50/h6-7,10,16-18,23-25,29,32-35,46-47,51-52H,8-9,11-15,19-22H2,1-5H3,(H,44,48,53)/b27-16+/t24?,25?,29?,32?,33?,34?,35-,40+,41+,42?/m1/s1. The van der Waals surface area contributed by atoms with Crippen LogP contribution in [0.5, 0.6) is 0 Å². The molecule has 2 amide bonds. The van der Waals surface area contributed by atoms with Crippen LogP contribution >= 0.6 is 0 Å². The van der Waals surface area contributed by atoms with Crippen molar-refractivity contribution in [3.63, 3.8) is 0 Å². The summed E-state index contributed by atoms with van der Waals surface area (Å²) in [6, 6.07) is 3.53. The quantitative estimate of drug-likeness (QED) is 0.163. The number of guanidine groups is 1. The second kappa shape index (κ2) is 15.7. The summed E-state index contributed by atoms with van der Waals surface area (Å²) in [6.07, 6.45) is 8.24. The molecule has 6 aliphatic rings. The first-order valence-electron chi connectivity index (χ1n) is 20.5. The maximum absolute atomic E-state index is 14.0. The zero-order valence-electron chi connectivity index (χ0n) is 33.9. The molecule has 2 saturated heterocycles. The van der Waals surface area contributed by atoms with E-state index in [-0.39, 0.29) is 42.3 Å². The van der Waals surface area contributed by atoms with Gasteiger partial charge in [0.1, 0.15) is 11.4 Å². The van der Waals surface area contributed by atoms with Crippen LogP contribution in [0.2, 0.25) is 0 Å². The predicted octanol–water partition coefficient (Wildman–Crippen LogP) is 1.46. The summed E-state index contributed by atoms with van der Waals surface area (Å²) < 4.78 is 19.9. The maximum atomic E-state index is 14.0. The van der Waals surface area contributed by atoms with E-state index in [1.165, 1.54) is 0 Å². The molecule has 1 aromatic carbocycles. The van der Waals surface area contributed by atoms with E-state index in [0.717, 1.165) is 16.6 Å². The lowest BCUT2D eigenvalue weighted by Gasteiger charge is -2.63. The van der Waals surface area contributed by atoms with E-state index in [0.29, 0.717) is 76.5 Å². The van der Waals surface area contributed by atoms with E-state index in [9.17, 15) is 24.6 Å². The number of cyclic esters (lactones) is 1. The number of morpholine rings is 1. The van der Waals surface area contributed by atoms with Crippen LogP contribution < -0.4 is 16.0 Å². The Bertz CT molecular complexity index is 2070. The fourth-order valence-corrected chi connectivity index (χ4v) is 10.6. The van der Waals surface area contributed by atoms with Crippen molar-refractivity contribution in [3.8, 4) is 0 Å². The predicted molar refractivity (Wildman–Crippen MR) is 215 cm³/mol. The lowest BCUT2D eigenvalue weighted by molar-refractivity contribution is -0.185. The van der Waals surface area contributed by atoms with Crippen LogP contribution in [0.4, 0.5) is 0 Å². The number of nitrogens with zero attached hydrogens (tertiary/aromatic N) is 5. The monoisotopic (exact) mass is 800 g/mol. The van der Waals surface area contributed by atoms with Gasteiger partial charge in [-0.1, -0.05) is 19.9 Å². The van der Waals surface area contributed by atoms with Crippen LogP contribution in [-0.2, 0) is 35.6 Å². The number of aliphatic hydroxyl groups excluding tert-OH is 2. The fraction of sp³-hybridized carbons (Fsp3) is 0.619. The zero-order chi connectivity index (χ0) is 41.0. The van der Waals surface area contributed by atoms with E-state index in [4.69, 9.17) is 14.2 Å². The highest BCUT2D eigenvalue weighted by Gasteiger charge is 2.71. The molecule has 16 heteroatoms. The van der Waals surface area contributed by atoms with E-state index in [2.05, 4.69) is 37.8 Å². The molecule has 5 heterocycles. The first-order chi connectivity index (χ1) is 27.8. The van der Waals surface area contributed by atoms with Gasteiger partial charge in [-0.25, -0.2) is 19.8 Å². The number of rotatable bonds is 11. The van der Waals surface area contributed by atoms with Gasteiger partial charge in [-0.3, -0.25) is 20.2 Å². The van der Waals surface area contributed by atoms with E-state index >= 15 is 0 Å². The lowest BCUT2D eigenvalue weighted by atomic mass is 9.43. The lowest BCUT2D eigenvalue weighted by Crippen LogP contribution is -2.68. The Kier molecular flexibility index (Phi) is 10.9. The highest BCUT2D eigenvalue weighted by molar-refractivity contribution is 6.04. The van der Waals surface area contributed by atoms with Gasteiger partial charge in [-0.05, 0) is 86.6 Å². The van der Waals surface area contributed by atoms with Crippen LogP contribution in [-0.4, -0.2) is 137 Å².